The second-order valence-corrected chi connectivity index (χ2v) is 9.14. The smallest absolute Gasteiger partial charge is 0.119 e. The summed E-state index contributed by atoms with van der Waals surface area (Å²) in [5.74, 6) is 1.83. The molecule has 166 valence electrons. The van der Waals surface area contributed by atoms with E-state index >= 15 is 0 Å². The Morgan fingerprint density at radius 2 is 1.09 bits per heavy atom. The molecule has 0 atom stereocenters. The number of hydrogen-bond acceptors (Lipinski definition) is 6. The highest BCUT2D eigenvalue weighted by molar-refractivity contribution is 6.11. The van der Waals surface area contributed by atoms with Crippen LogP contribution in [0.1, 0.15) is 47.9 Å². The Morgan fingerprint density at radius 3 is 1.53 bits per heavy atom. The fourth-order valence-electron chi connectivity index (χ4n) is 5.81. The van der Waals surface area contributed by atoms with Crippen molar-refractivity contribution in [2.45, 2.75) is 38.5 Å². The average Bonchev–Trinajstić information content (AvgIpc) is 2.84. The molecule has 0 saturated carbocycles. The summed E-state index contributed by atoms with van der Waals surface area (Å²) in [4.78, 5) is 5.02. The van der Waals surface area contributed by atoms with Crippen molar-refractivity contribution in [2.75, 3.05) is 50.2 Å². The maximum atomic E-state index is 5.61. The van der Waals surface area contributed by atoms with Crippen molar-refractivity contribution in [1.29, 1.82) is 0 Å². The summed E-state index contributed by atoms with van der Waals surface area (Å²) in [5, 5.41) is 9.75. The van der Waals surface area contributed by atoms with Gasteiger partial charge in [-0.15, -0.1) is 0 Å². The summed E-state index contributed by atoms with van der Waals surface area (Å²) < 4.78 is 11.2. The lowest BCUT2D eigenvalue weighted by Crippen LogP contribution is -2.37. The van der Waals surface area contributed by atoms with Crippen molar-refractivity contribution in [2.24, 2.45) is 10.2 Å². The standard InChI is InChI=1S/C26H30N4O2/c1-31-19-13-17-5-3-9-29-11-7-23(21(15-19)25(17)29)27-28-24-8-12-30-10-4-6-18-14-20(32-2)16-22(24)26(18)30/h13-16H,3-12H2,1-2H3. The summed E-state index contributed by atoms with van der Waals surface area (Å²) in [5.41, 5.74) is 9.97. The van der Waals surface area contributed by atoms with Gasteiger partial charge in [0.1, 0.15) is 11.5 Å². The predicted octanol–water partition coefficient (Wildman–Crippen LogP) is 4.21. The number of methoxy groups -OCH3 is 2. The normalized spacial score (nSPS) is 21.4. The molecule has 6 nitrogen and oxygen atoms in total. The van der Waals surface area contributed by atoms with E-state index in [1.165, 1.54) is 46.5 Å². The summed E-state index contributed by atoms with van der Waals surface area (Å²) in [6.45, 7) is 4.27. The molecule has 32 heavy (non-hydrogen) atoms. The maximum Gasteiger partial charge on any atom is 0.119 e. The van der Waals surface area contributed by atoms with Crippen molar-refractivity contribution in [3.63, 3.8) is 0 Å². The van der Waals surface area contributed by atoms with Crippen molar-refractivity contribution >= 4 is 22.8 Å². The molecule has 0 N–H and O–H groups in total. The van der Waals surface area contributed by atoms with Crippen LogP contribution in [0.2, 0.25) is 0 Å². The molecule has 0 fully saturated rings. The van der Waals surface area contributed by atoms with Crippen molar-refractivity contribution in [3.05, 3.63) is 46.5 Å². The Morgan fingerprint density at radius 1 is 0.625 bits per heavy atom. The van der Waals surface area contributed by atoms with Gasteiger partial charge in [0, 0.05) is 61.5 Å². The SMILES string of the molecule is COc1cc2c3c(c1)C(=NN=C1CCN4CCCc5cc(OC)cc1c54)CCN3CCC2. The zero-order valence-corrected chi connectivity index (χ0v) is 19.0. The second kappa shape index (κ2) is 7.84. The summed E-state index contributed by atoms with van der Waals surface area (Å²) in [6, 6.07) is 8.67. The summed E-state index contributed by atoms with van der Waals surface area (Å²) in [7, 11) is 3.49. The second-order valence-electron chi connectivity index (χ2n) is 9.14. The molecular formula is C26H30N4O2. The largest absolute Gasteiger partial charge is 0.497 e. The fraction of sp³-hybridized carbons (Fsp3) is 0.462. The van der Waals surface area contributed by atoms with E-state index in [0.29, 0.717) is 0 Å². The highest BCUT2D eigenvalue weighted by Gasteiger charge is 2.30. The number of anilines is 2. The van der Waals surface area contributed by atoms with Gasteiger partial charge in [-0.25, -0.2) is 0 Å². The van der Waals surface area contributed by atoms with E-state index in [0.717, 1.165) is 74.8 Å². The molecule has 0 bridgehead atoms. The molecule has 0 saturated heterocycles. The molecule has 2 aromatic rings. The van der Waals surface area contributed by atoms with Crippen LogP contribution >= 0.6 is 0 Å². The minimum absolute atomic E-state index is 0.915. The van der Waals surface area contributed by atoms with E-state index < -0.39 is 0 Å². The molecule has 0 radical (unpaired) electrons. The molecule has 0 unspecified atom stereocenters. The van der Waals surface area contributed by atoms with E-state index in [-0.39, 0.29) is 0 Å². The van der Waals surface area contributed by atoms with Crippen molar-refractivity contribution < 1.29 is 9.47 Å². The zero-order valence-electron chi connectivity index (χ0n) is 19.0. The topological polar surface area (TPSA) is 49.7 Å². The van der Waals surface area contributed by atoms with Gasteiger partial charge in [-0.3, -0.25) is 0 Å². The minimum Gasteiger partial charge on any atom is -0.497 e. The molecule has 4 aliphatic rings. The monoisotopic (exact) mass is 430 g/mol. The highest BCUT2D eigenvalue weighted by Crippen LogP contribution is 2.40. The first-order chi connectivity index (χ1) is 15.7. The molecule has 6 heteroatoms. The van der Waals surface area contributed by atoms with Gasteiger partial charge in [0.25, 0.3) is 0 Å². The Bertz CT molecular complexity index is 1050. The Labute approximate surface area is 189 Å². The molecule has 4 heterocycles. The molecular weight excluding hydrogens is 400 g/mol. The zero-order chi connectivity index (χ0) is 21.7. The number of hydrogen-bond donors (Lipinski definition) is 0. The van der Waals surface area contributed by atoms with Crippen LogP contribution in [0, 0.1) is 0 Å². The van der Waals surface area contributed by atoms with Crippen LogP contribution in [-0.2, 0) is 12.8 Å². The molecule has 0 aliphatic carbocycles. The van der Waals surface area contributed by atoms with Crippen LogP contribution in [0.15, 0.2) is 34.5 Å². The Hall–Kier alpha value is -3.02. The third-order valence-electron chi connectivity index (χ3n) is 7.33. The number of aryl methyl sites for hydroxylation is 2. The lowest BCUT2D eigenvalue weighted by Gasteiger charge is -2.38. The van der Waals surface area contributed by atoms with Gasteiger partial charge in [0.05, 0.1) is 25.6 Å². The summed E-state index contributed by atoms with van der Waals surface area (Å²) >= 11 is 0. The highest BCUT2D eigenvalue weighted by atomic mass is 16.5. The Balaban J connectivity index is 1.44. The van der Waals surface area contributed by atoms with E-state index in [2.05, 4.69) is 34.1 Å². The third kappa shape index (κ3) is 3.15. The molecule has 2 aromatic carbocycles. The van der Waals surface area contributed by atoms with Crippen molar-refractivity contribution in [1.82, 2.24) is 0 Å². The van der Waals surface area contributed by atoms with E-state index in [4.69, 9.17) is 19.7 Å². The average molecular weight is 431 g/mol. The lowest BCUT2D eigenvalue weighted by atomic mass is 9.90. The third-order valence-corrected chi connectivity index (χ3v) is 7.33. The number of rotatable bonds is 3. The first kappa shape index (κ1) is 19.6. The number of ether oxygens (including phenoxy) is 2. The van der Waals surface area contributed by atoms with Crippen LogP contribution in [-0.4, -0.2) is 51.8 Å². The molecule has 6 rings (SSSR count). The van der Waals surface area contributed by atoms with Gasteiger partial charge < -0.3 is 19.3 Å². The summed E-state index contributed by atoms with van der Waals surface area (Å²) in [6.07, 6.45) is 6.43. The quantitative estimate of drug-likeness (QED) is 0.685. The van der Waals surface area contributed by atoms with Gasteiger partial charge >= 0.3 is 0 Å². The number of benzene rings is 2. The first-order valence-corrected chi connectivity index (χ1v) is 11.8. The van der Waals surface area contributed by atoms with Gasteiger partial charge in [0.15, 0.2) is 0 Å². The predicted molar refractivity (Wildman–Crippen MR) is 129 cm³/mol. The lowest BCUT2D eigenvalue weighted by molar-refractivity contribution is 0.413. The van der Waals surface area contributed by atoms with E-state index in [9.17, 15) is 0 Å². The fourth-order valence-corrected chi connectivity index (χ4v) is 5.81. The number of nitrogens with zero attached hydrogens (tertiary/aromatic N) is 4. The van der Waals surface area contributed by atoms with Crippen molar-refractivity contribution in [3.8, 4) is 11.5 Å². The van der Waals surface area contributed by atoms with Gasteiger partial charge in [0.2, 0.25) is 0 Å². The van der Waals surface area contributed by atoms with Crippen LogP contribution < -0.4 is 19.3 Å². The molecule has 0 spiro atoms. The van der Waals surface area contributed by atoms with Crippen LogP contribution in [0.5, 0.6) is 11.5 Å². The molecule has 0 amide bonds. The molecule has 0 aromatic heterocycles. The van der Waals surface area contributed by atoms with E-state index in [1.54, 1.807) is 14.2 Å². The maximum absolute atomic E-state index is 5.61. The van der Waals surface area contributed by atoms with Gasteiger partial charge in [-0.05, 0) is 61.1 Å². The van der Waals surface area contributed by atoms with Gasteiger partial charge in [-0.2, -0.15) is 10.2 Å². The van der Waals surface area contributed by atoms with Gasteiger partial charge in [-0.1, -0.05) is 0 Å². The Kier molecular flexibility index (Phi) is 4.81. The first-order valence-electron chi connectivity index (χ1n) is 11.8. The van der Waals surface area contributed by atoms with Crippen LogP contribution in [0.3, 0.4) is 0 Å². The van der Waals surface area contributed by atoms with Crippen LogP contribution in [0.25, 0.3) is 0 Å². The van der Waals surface area contributed by atoms with Crippen LogP contribution in [0.4, 0.5) is 11.4 Å². The minimum atomic E-state index is 0.915. The van der Waals surface area contributed by atoms with E-state index in [1.807, 2.05) is 0 Å². The molecule has 4 aliphatic heterocycles.